The normalized spacial score (nSPS) is 30.4. The van der Waals surface area contributed by atoms with Crippen LogP contribution in [0, 0.1) is 22.7 Å². The van der Waals surface area contributed by atoms with Gasteiger partial charge in [0.25, 0.3) is 0 Å². The SMILES string of the molecule is CC(C)(C)[C@@H]1CCCC[C@@H]1C(C)(C)C. The molecule has 0 saturated heterocycles. The van der Waals surface area contributed by atoms with Gasteiger partial charge in [-0.1, -0.05) is 54.4 Å². The first-order valence-corrected chi connectivity index (χ1v) is 6.23. The first-order valence-electron chi connectivity index (χ1n) is 6.23. The summed E-state index contributed by atoms with van der Waals surface area (Å²) in [6.45, 7) is 14.5. The summed E-state index contributed by atoms with van der Waals surface area (Å²) >= 11 is 0. The monoisotopic (exact) mass is 196 g/mol. The summed E-state index contributed by atoms with van der Waals surface area (Å²) in [7, 11) is 0. The van der Waals surface area contributed by atoms with Gasteiger partial charge in [0.2, 0.25) is 0 Å². The lowest BCUT2D eigenvalue weighted by Crippen LogP contribution is -2.38. The van der Waals surface area contributed by atoms with Crippen LogP contribution >= 0.6 is 0 Å². The summed E-state index contributed by atoms with van der Waals surface area (Å²) in [6.07, 6.45) is 5.81. The summed E-state index contributed by atoms with van der Waals surface area (Å²) in [5, 5.41) is 0. The van der Waals surface area contributed by atoms with E-state index in [0.717, 1.165) is 11.8 Å². The van der Waals surface area contributed by atoms with Crippen LogP contribution < -0.4 is 0 Å². The second-order valence-electron chi connectivity index (χ2n) is 7.23. The van der Waals surface area contributed by atoms with E-state index in [9.17, 15) is 0 Å². The zero-order chi connectivity index (χ0) is 11.0. The average molecular weight is 196 g/mol. The molecule has 0 unspecified atom stereocenters. The fraction of sp³-hybridized carbons (Fsp3) is 1.00. The van der Waals surface area contributed by atoms with Crippen LogP contribution in [0.1, 0.15) is 67.2 Å². The predicted octanol–water partition coefficient (Wildman–Crippen LogP) is 4.89. The van der Waals surface area contributed by atoms with Crippen molar-refractivity contribution >= 4 is 0 Å². The van der Waals surface area contributed by atoms with Crippen molar-refractivity contribution in [2.24, 2.45) is 22.7 Å². The summed E-state index contributed by atoms with van der Waals surface area (Å²) in [4.78, 5) is 0. The predicted molar refractivity (Wildman–Crippen MR) is 64.4 cm³/mol. The molecule has 1 saturated carbocycles. The third-order valence-corrected chi connectivity index (χ3v) is 3.99. The van der Waals surface area contributed by atoms with Gasteiger partial charge in [-0.05, 0) is 35.5 Å². The van der Waals surface area contributed by atoms with Gasteiger partial charge in [-0.25, -0.2) is 0 Å². The maximum absolute atomic E-state index is 2.42. The van der Waals surface area contributed by atoms with E-state index in [1.165, 1.54) is 25.7 Å². The van der Waals surface area contributed by atoms with Crippen LogP contribution in [0.15, 0.2) is 0 Å². The molecule has 0 spiro atoms. The lowest BCUT2D eigenvalue weighted by atomic mass is 9.59. The molecule has 14 heavy (non-hydrogen) atoms. The molecule has 0 radical (unpaired) electrons. The van der Waals surface area contributed by atoms with Gasteiger partial charge < -0.3 is 0 Å². The van der Waals surface area contributed by atoms with Crippen LogP contribution in [0.2, 0.25) is 0 Å². The highest BCUT2D eigenvalue weighted by atomic mass is 14.4. The molecule has 1 aliphatic rings. The molecule has 0 aromatic rings. The van der Waals surface area contributed by atoms with E-state index < -0.39 is 0 Å². The van der Waals surface area contributed by atoms with Gasteiger partial charge in [0.05, 0.1) is 0 Å². The van der Waals surface area contributed by atoms with Crippen LogP contribution in [0.5, 0.6) is 0 Å². The molecule has 0 bridgehead atoms. The van der Waals surface area contributed by atoms with Crippen molar-refractivity contribution in [3.63, 3.8) is 0 Å². The Kier molecular flexibility index (Phi) is 3.33. The fourth-order valence-electron chi connectivity index (χ4n) is 3.20. The molecule has 0 N–H and O–H groups in total. The van der Waals surface area contributed by atoms with E-state index in [1.54, 1.807) is 0 Å². The second-order valence-corrected chi connectivity index (χ2v) is 7.23. The Balaban J connectivity index is 2.80. The molecule has 0 heterocycles. The van der Waals surface area contributed by atoms with E-state index in [0.29, 0.717) is 10.8 Å². The summed E-state index contributed by atoms with van der Waals surface area (Å²) < 4.78 is 0. The maximum atomic E-state index is 2.42. The Hall–Kier alpha value is 0. The van der Waals surface area contributed by atoms with Crippen LogP contribution in [0.4, 0.5) is 0 Å². The molecular formula is C14H28. The van der Waals surface area contributed by atoms with Gasteiger partial charge in [0.1, 0.15) is 0 Å². The Morgan fingerprint density at radius 3 is 1.14 bits per heavy atom. The first kappa shape index (κ1) is 12.1. The maximum Gasteiger partial charge on any atom is -0.0332 e. The molecule has 0 heteroatoms. The minimum atomic E-state index is 0.498. The molecule has 0 aliphatic heterocycles. The van der Waals surface area contributed by atoms with Crippen LogP contribution in [0.3, 0.4) is 0 Å². The van der Waals surface area contributed by atoms with Crippen molar-refractivity contribution in [3.05, 3.63) is 0 Å². The smallest absolute Gasteiger partial charge is 0.0332 e. The topological polar surface area (TPSA) is 0 Å². The Bertz CT molecular complexity index is 155. The molecule has 1 rings (SSSR count). The molecule has 0 amide bonds. The van der Waals surface area contributed by atoms with E-state index in [1.807, 2.05) is 0 Å². The average Bonchev–Trinajstić information content (AvgIpc) is 2.01. The van der Waals surface area contributed by atoms with E-state index >= 15 is 0 Å². The molecular weight excluding hydrogens is 168 g/mol. The molecule has 84 valence electrons. The van der Waals surface area contributed by atoms with E-state index in [-0.39, 0.29) is 0 Å². The Labute approximate surface area is 90.5 Å². The highest BCUT2D eigenvalue weighted by Gasteiger charge is 2.39. The summed E-state index contributed by atoms with van der Waals surface area (Å²) in [5.41, 5.74) is 0.997. The Morgan fingerprint density at radius 2 is 0.929 bits per heavy atom. The Morgan fingerprint density at radius 1 is 0.643 bits per heavy atom. The van der Waals surface area contributed by atoms with Crippen molar-refractivity contribution < 1.29 is 0 Å². The fourth-order valence-corrected chi connectivity index (χ4v) is 3.20. The van der Waals surface area contributed by atoms with Crippen molar-refractivity contribution in [3.8, 4) is 0 Å². The van der Waals surface area contributed by atoms with Gasteiger partial charge >= 0.3 is 0 Å². The van der Waals surface area contributed by atoms with Gasteiger partial charge in [-0.3, -0.25) is 0 Å². The van der Waals surface area contributed by atoms with Gasteiger partial charge in [-0.2, -0.15) is 0 Å². The van der Waals surface area contributed by atoms with Crippen molar-refractivity contribution in [1.82, 2.24) is 0 Å². The van der Waals surface area contributed by atoms with Crippen molar-refractivity contribution in [2.75, 3.05) is 0 Å². The molecule has 1 fully saturated rings. The zero-order valence-electron chi connectivity index (χ0n) is 11.0. The van der Waals surface area contributed by atoms with Gasteiger partial charge in [0, 0.05) is 0 Å². The number of hydrogen-bond acceptors (Lipinski definition) is 0. The first-order chi connectivity index (χ1) is 6.23. The van der Waals surface area contributed by atoms with Gasteiger partial charge in [0.15, 0.2) is 0 Å². The highest BCUT2D eigenvalue weighted by molar-refractivity contribution is 4.89. The molecule has 0 aromatic heterocycles. The molecule has 1 aliphatic carbocycles. The number of hydrogen-bond donors (Lipinski definition) is 0. The van der Waals surface area contributed by atoms with Crippen molar-refractivity contribution in [1.29, 1.82) is 0 Å². The lowest BCUT2D eigenvalue weighted by molar-refractivity contribution is 0.0335. The van der Waals surface area contributed by atoms with E-state index in [2.05, 4.69) is 41.5 Å². The molecule has 0 aromatic carbocycles. The molecule has 2 atom stereocenters. The molecule has 0 nitrogen and oxygen atoms in total. The van der Waals surface area contributed by atoms with Crippen LogP contribution in [-0.4, -0.2) is 0 Å². The largest absolute Gasteiger partial charge is 0.0599 e. The van der Waals surface area contributed by atoms with Crippen molar-refractivity contribution in [2.45, 2.75) is 67.2 Å². The lowest BCUT2D eigenvalue weighted by Gasteiger charge is -2.46. The number of rotatable bonds is 0. The quantitative estimate of drug-likeness (QED) is 0.518. The minimum absolute atomic E-state index is 0.498. The van der Waals surface area contributed by atoms with Crippen LogP contribution in [-0.2, 0) is 0 Å². The van der Waals surface area contributed by atoms with Gasteiger partial charge in [-0.15, -0.1) is 0 Å². The highest BCUT2D eigenvalue weighted by Crippen LogP contribution is 2.48. The third-order valence-electron chi connectivity index (χ3n) is 3.99. The minimum Gasteiger partial charge on any atom is -0.0599 e. The second kappa shape index (κ2) is 3.87. The zero-order valence-corrected chi connectivity index (χ0v) is 11.0. The summed E-state index contributed by atoms with van der Waals surface area (Å²) in [5.74, 6) is 1.85. The third kappa shape index (κ3) is 2.74. The summed E-state index contributed by atoms with van der Waals surface area (Å²) in [6, 6.07) is 0. The standard InChI is InChI=1S/C14H28/c1-13(2,3)11-9-7-8-10-12(11)14(4,5)6/h11-12H,7-10H2,1-6H3/t11-,12+. The van der Waals surface area contributed by atoms with E-state index in [4.69, 9.17) is 0 Å². The van der Waals surface area contributed by atoms with Crippen LogP contribution in [0.25, 0.3) is 0 Å².